The highest BCUT2D eigenvalue weighted by atomic mass is 79.9. The standard InChI is InChI=1S/C25H24BrNO6S/c1-4-31-18-12-16(17(26)14-19(18)32-5-2)13-20-22(28)21(25(30)33-6-3)24(34-20)27-23(29)15-10-8-7-9-11-15/h7-14,28H,4-6H2,1-3H3/b20-13-,27-24?. The fraction of sp³-hybridized carbons (Fsp3) is 0.240. The van der Waals surface area contributed by atoms with Crippen LogP contribution in [0.5, 0.6) is 11.5 Å². The summed E-state index contributed by atoms with van der Waals surface area (Å²) in [6.07, 6.45) is 1.68. The first-order valence-corrected chi connectivity index (χ1v) is 12.3. The number of hydrogen-bond acceptors (Lipinski definition) is 7. The van der Waals surface area contributed by atoms with Gasteiger partial charge < -0.3 is 19.3 Å². The van der Waals surface area contributed by atoms with Gasteiger partial charge in [-0.05, 0) is 56.7 Å². The van der Waals surface area contributed by atoms with Crippen LogP contribution in [0.3, 0.4) is 0 Å². The van der Waals surface area contributed by atoms with Crippen molar-refractivity contribution in [2.24, 2.45) is 4.99 Å². The first kappa shape index (κ1) is 25.6. The largest absolute Gasteiger partial charge is 0.506 e. The number of esters is 1. The van der Waals surface area contributed by atoms with Crippen molar-refractivity contribution in [2.45, 2.75) is 20.8 Å². The average Bonchev–Trinajstić information content (AvgIpc) is 3.12. The number of hydrogen-bond donors (Lipinski definition) is 1. The van der Waals surface area contributed by atoms with Gasteiger partial charge in [0.2, 0.25) is 0 Å². The Kier molecular flexibility index (Phi) is 8.95. The Bertz CT molecular complexity index is 1170. The van der Waals surface area contributed by atoms with E-state index in [1.165, 1.54) is 0 Å². The van der Waals surface area contributed by atoms with Crippen LogP contribution < -0.4 is 9.47 Å². The van der Waals surface area contributed by atoms with Gasteiger partial charge in [0.15, 0.2) is 11.5 Å². The summed E-state index contributed by atoms with van der Waals surface area (Å²) < 4.78 is 17.1. The third-order valence-electron chi connectivity index (χ3n) is 4.54. The molecule has 1 heterocycles. The molecule has 0 fully saturated rings. The molecule has 7 nitrogen and oxygen atoms in total. The average molecular weight is 546 g/mol. The second-order valence-electron chi connectivity index (χ2n) is 6.83. The van der Waals surface area contributed by atoms with Crippen LogP contribution in [0.15, 0.2) is 68.2 Å². The molecule has 1 amide bonds. The van der Waals surface area contributed by atoms with Crippen LogP contribution in [0.2, 0.25) is 0 Å². The number of carbonyl (C=O) groups is 2. The monoisotopic (exact) mass is 545 g/mol. The maximum absolute atomic E-state index is 12.7. The molecule has 1 N–H and O–H groups in total. The molecule has 0 aliphatic carbocycles. The lowest BCUT2D eigenvalue weighted by Crippen LogP contribution is -2.14. The van der Waals surface area contributed by atoms with E-state index in [9.17, 15) is 14.7 Å². The van der Waals surface area contributed by atoms with Crippen molar-refractivity contribution < 1.29 is 28.9 Å². The molecule has 0 saturated heterocycles. The fourth-order valence-corrected chi connectivity index (χ4v) is 4.51. The molecule has 1 aliphatic heterocycles. The summed E-state index contributed by atoms with van der Waals surface area (Å²) >= 11 is 4.54. The fourth-order valence-electron chi connectivity index (χ4n) is 3.07. The summed E-state index contributed by atoms with van der Waals surface area (Å²) in [5, 5.41) is 11.0. The Labute approximate surface area is 210 Å². The van der Waals surface area contributed by atoms with E-state index in [0.717, 1.165) is 11.8 Å². The molecular weight excluding hydrogens is 522 g/mol. The summed E-state index contributed by atoms with van der Waals surface area (Å²) in [5.41, 5.74) is 0.903. The molecule has 0 radical (unpaired) electrons. The molecule has 2 aromatic rings. The summed E-state index contributed by atoms with van der Waals surface area (Å²) in [4.78, 5) is 29.7. The maximum atomic E-state index is 12.7. The van der Waals surface area contributed by atoms with Gasteiger partial charge in [-0.25, -0.2) is 9.79 Å². The zero-order chi connectivity index (χ0) is 24.7. The third-order valence-corrected chi connectivity index (χ3v) is 6.25. The summed E-state index contributed by atoms with van der Waals surface area (Å²) in [5.74, 6) is -0.456. The van der Waals surface area contributed by atoms with Gasteiger partial charge in [0.1, 0.15) is 16.4 Å². The van der Waals surface area contributed by atoms with Gasteiger partial charge in [-0.15, -0.1) is 0 Å². The minimum Gasteiger partial charge on any atom is -0.506 e. The van der Waals surface area contributed by atoms with Crippen LogP contribution in [0.25, 0.3) is 6.08 Å². The Balaban J connectivity index is 2.05. The van der Waals surface area contributed by atoms with E-state index in [1.807, 2.05) is 13.8 Å². The molecule has 9 heteroatoms. The molecule has 1 aliphatic rings. The third kappa shape index (κ3) is 5.90. The lowest BCUT2D eigenvalue weighted by atomic mass is 10.1. The second kappa shape index (κ2) is 11.9. The minimum atomic E-state index is -0.753. The summed E-state index contributed by atoms with van der Waals surface area (Å²) in [6.45, 7) is 6.45. The lowest BCUT2D eigenvalue weighted by Gasteiger charge is -2.13. The lowest BCUT2D eigenvalue weighted by molar-refractivity contribution is -0.138. The van der Waals surface area contributed by atoms with Gasteiger partial charge >= 0.3 is 5.97 Å². The summed E-state index contributed by atoms with van der Waals surface area (Å²) in [7, 11) is 0. The smallest absolute Gasteiger partial charge is 0.344 e. The molecule has 0 bridgehead atoms. The number of nitrogens with zero attached hydrogens (tertiary/aromatic N) is 1. The van der Waals surface area contributed by atoms with E-state index < -0.39 is 11.9 Å². The predicted molar refractivity (Wildman–Crippen MR) is 137 cm³/mol. The number of rotatable bonds is 8. The Hall–Kier alpha value is -3.04. The van der Waals surface area contributed by atoms with Crippen LogP contribution in [0.1, 0.15) is 36.7 Å². The van der Waals surface area contributed by atoms with Crippen LogP contribution in [-0.2, 0) is 9.53 Å². The Morgan fingerprint density at radius 1 is 1.03 bits per heavy atom. The van der Waals surface area contributed by atoms with Crippen molar-refractivity contribution in [3.05, 3.63) is 74.3 Å². The topological polar surface area (TPSA) is 94.4 Å². The van der Waals surface area contributed by atoms with Crippen LogP contribution in [0.4, 0.5) is 0 Å². The van der Waals surface area contributed by atoms with Gasteiger partial charge in [-0.2, -0.15) is 0 Å². The number of benzene rings is 2. The van der Waals surface area contributed by atoms with Crippen molar-refractivity contribution in [3.8, 4) is 11.5 Å². The molecule has 3 rings (SSSR count). The highest BCUT2D eigenvalue weighted by molar-refractivity contribution is 9.10. The Morgan fingerprint density at radius 3 is 2.29 bits per heavy atom. The minimum absolute atomic E-state index is 0.0724. The van der Waals surface area contributed by atoms with Gasteiger partial charge in [-0.3, -0.25) is 4.79 Å². The number of aliphatic imine (C=N–C) groups is 1. The predicted octanol–water partition coefficient (Wildman–Crippen LogP) is 5.95. The van der Waals surface area contributed by atoms with Crippen LogP contribution in [-0.4, -0.2) is 41.8 Å². The van der Waals surface area contributed by atoms with Crippen molar-refractivity contribution in [1.29, 1.82) is 0 Å². The van der Waals surface area contributed by atoms with E-state index in [2.05, 4.69) is 20.9 Å². The Morgan fingerprint density at radius 2 is 1.68 bits per heavy atom. The first-order chi connectivity index (χ1) is 16.4. The number of carbonyl (C=O) groups excluding carboxylic acids is 2. The zero-order valence-corrected chi connectivity index (χ0v) is 21.4. The molecule has 0 atom stereocenters. The van der Waals surface area contributed by atoms with Gasteiger partial charge in [0.25, 0.3) is 5.91 Å². The van der Waals surface area contributed by atoms with Crippen LogP contribution >= 0.6 is 27.7 Å². The molecule has 0 aromatic heterocycles. The molecule has 0 saturated carbocycles. The van der Waals surface area contributed by atoms with Gasteiger partial charge in [0.05, 0.1) is 24.7 Å². The number of ether oxygens (including phenoxy) is 3. The van der Waals surface area contributed by atoms with Gasteiger partial charge in [-0.1, -0.05) is 45.9 Å². The first-order valence-electron chi connectivity index (χ1n) is 10.7. The van der Waals surface area contributed by atoms with E-state index >= 15 is 0 Å². The van der Waals surface area contributed by atoms with E-state index in [-0.39, 0.29) is 23.0 Å². The van der Waals surface area contributed by atoms with Gasteiger partial charge in [0, 0.05) is 10.0 Å². The summed E-state index contributed by atoms with van der Waals surface area (Å²) in [6, 6.07) is 12.0. The molecule has 178 valence electrons. The van der Waals surface area contributed by atoms with E-state index in [0.29, 0.717) is 45.2 Å². The molecule has 34 heavy (non-hydrogen) atoms. The SMILES string of the molecule is CCOC(=O)C1=C(O)/C(=C/c2cc(OCC)c(OCC)cc2Br)SC1=NC(=O)c1ccccc1. The highest BCUT2D eigenvalue weighted by Gasteiger charge is 2.34. The van der Waals surface area contributed by atoms with Crippen molar-refractivity contribution >= 4 is 50.7 Å². The molecule has 0 unspecified atom stereocenters. The molecular formula is C25H24BrNO6S. The van der Waals surface area contributed by atoms with E-state index in [4.69, 9.17) is 14.2 Å². The number of aliphatic hydroxyl groups is 1. The number of aliphatic hydroxyl groups excluding tert-OH is 1. The van der Waals surface area contributed by atoms with Crippen LogP contribution in [0, 0.1) is 0 Å². The van der Waals surface area contributed by atoms with Crippen molar-refractivity contribution in [3.63, 3.8) is 0 Å². The number of halogens is 1. The van der Waals surface area contributed by atoms with E-state index in [1.54, 1.807) is 55.5 Å². The normalized spacial score (nSPS) is 15.6. The molecule has 2 aromatic carbocycles. The molecule has 0 spiro atoms. The number of amides is 1. The van der Waals surface area contributed by atoms with Crippen molar-refractivity contribution in [2.75, 3.05) is 19.8 Å². The van der Waals surface area contributed by atoms with Crippen molar-refractivity contribution in [1.82, 2.24) is 0 Å². The quantitative estimate of drug-likeness (QED) is 0.409. The second-order valence-corrected chi connectivity index (χ2v) is 8.71. The highest BCUT2D eigenvalue weighted by Crippen LogP contribution is 2.42. The number of thioether (sulfide) groups is 1. The zero-order valence-electron chi connectivity index (χ0n) is 19.0. The maximum Gasteiger partial charge on any atom is 0.344 e.